The van der Waals surface area contributed by atoms with Gasteiger partial charge in [0.05, 0.1) is 71.5 Å². The molecule has 0 radical (unpaired) electrons. The number of urea groups is 1. The van der Waals surface area contributed by atoms with E-state index < -0.39 is 36.8 Å². The van der Waals surface area contributed by atoms with E-state index in [4.69, 9.17) is 29.4 Å². The van der Waals surface area contributed by atoms with E-state index >= 15 is 0 Å². The monoisotopic (exact) mass is 801 g/mol. The highest BCUT2D eigenvalue weighted by Crippen LogP contribution is 2.33. The van der Waals surface area contributed by atoms with Crippen molar-refractivity contribution in [2.24, 2.45) is 0 Å². The van der Waals surface area contributed by atoms with Crippen LogP contribution >= 0.6 is 11.8 Å². The molecule has 2 unspecified atom stereocenters. The van der Waals surface area contributed by atoms with Crippen LogP contribution in [0.2, 0.25) is 0 Å². The number of fused-ring (bicyclic) bond motifs is 1. The number of nitrogens with one attached hydrogen (secondary N) is 4. The average molecular weight is 802 g/mol. The number of aliphatic hydroxyl groups is 3. The van der Waals surface area contributed by atoms with E-state index in [2.05, 4.69) is 26.3 Å². The number of ketones is 1. The van der Waals surface area contributed by atoms with E-state index in [1.54, 1.807) is 0 Å². The summed E-state index contributed by atoms with van der Waals surface area (Å²) in [6, 6.07) is 0.400. The Bertz CT molecular complexity index is 1390. The molecule has 312 valence electrons. The third-order valence-corrected chi connectivity index (χ3v) is 11.0. The number of amides is 3. The fraction of sp³-hybridized carbons (Fsp3) is 0.800. The fourth-order valence-electron chi connectivity index (χ4n) is 6.46. The molecule has 1 aromatic rings. The number of rotatable bonds is 29. The van der Waals surface area contributed by atoms with Crippen molar-refractivity contribution < 1.29 is 53.4 Å². The molecule has 0 bridgehead atoms. The lowest BCUT2D eigenvalue weighted by atomic mass is 10.0. The van der Waals surface area contributed by atoms with Gasteiger partial charge in [-0.1, -0.05) is 6.42 Å². The molecule has 0 saturated carbocycles. The molecule has 7 atom stereocenters. The summed E-state index contributed by atoms with van der Waals surface area (Å²) < 4.78 is 28.4. The molecule has 19 nitrogen and oxygen atoms in total. The molecule has 55 heavy (non-hydrogen) atoms. The standard InChI is InChI=1S/C35H59N7O12S/c36-32-23(20-42(35(49)41-32)33-31(47)30(46)26(21-43)54-33)4-3-9-38-28(45)8-12-50-14-16-52-18-19-53-17-15-51-13-11-37-10-7-24(44)5-1-2-6-27-29-25(22-55-27)39-34(48)40-29/h20,25-27,29-31,33,37,43,46-47H,1-19,21-22H2,(H,38,45)(H2,36,41,49)(H2,39,40,48)/t25-,26+,27-,29-,30?,31?,33+/m0/s1. The molecule has 3 aliphatic heterocycles. The fourth-order valence-corrected chi connectivity index (χ4v) is 8.00. The molecule has 0 aliphatic carbocycles. The first-order valence-electron chi connectivity index (χ1n) is 19.2. The van der Waals surface area contributed by atoms with E-state index in [0.29, 0.717) is 102 Å². The van der Waals surface area contributed by atoms with Crippen molar-refractivity contribution in [2.75, 3.05) is 90.6 Å². The average Bonchev–Trinajstić information content (AvgIpc) is 3.81. The number of nitrogens with zero attached hydrogens (tertiary/aromatic N) is 2. The Labute approximate surface area is 325 Å². The van der Waals surface area contributed by atoms with Crippen molar-refractivity contribution in [1.29, 1.82) is 0 Å². The number of unbranched alkanes of at least 4 members (excludes halogenated alkanes) is 1. The lowest BCUT2D eigenvalue weighted by Gasteiger charge is -2.18. The van der Waals surface area contributed by atoms with Crippen LogP contribution < -0.4 is 32.7 Å². The number of hydrogen-bond acceptors (Lipinski definition) is 16. The molecule has 3 saturated heterocycles. The van der Waals surface area contributed by atoms with Crippen LogP contribution in [0.5, 0.6) is 0 Å². The maximum absolute atomic E-state index is 12.3. The summed E-state index contributed by atoms with van der Waals surface area (Å²) in [4.78, 5) is 51.9. The molecule has 4 heterocycles. The highest BCUT2D eigenvalue weighted by atomic mass is 32.2. The number of hydrogen-bond donors (Lipinski definition) is 8. The van der Waals surface area contributed by atoms with Gasteiger partial charge in [0.15, 0.2) is 6.23 Å². The lowest BCUT2D eigenvalue weighted by Crippen LogP contribution is -2.36. The van der Waals surface area contributed by atoms with Crippen LogP contribution in [0.1, 0.15) is 56.7 Å². The van der Waals surface area contributed by atoms with Crippen molar-refractivity contribution >= 4 is 35.3 Å². The smallest absolute Gasteiger partial charge is 0.351 e. The van der Waals surface area contributed by atoms with Gasteiger partial charge in [-0.05, 0) is 25.7 Å². The molecule has 3 aliphatic rings. The highest BCUT2D eigenvalue weighted by Gasteiger charge is 2.44. The minimum atomic E-state index is -1.43. The van der Waals surface area contributed by atoms with Gasteiger partial charge >= 0.3 is 11.7 Å². The van der Waals surface area contributed by atoms with Crippen LogP contribution in [-0.2, 0) is 39.7 Å². The Hall–Kier alpha value is -2.92. The second kappa shape index (κ2) is 24.7. The number of carbonyl (C=O) groups is 3. The van der Waals surface area contributed by atoms with Gasteiger partial charge in [0.1, 0.15) is 29.9 Å². The van der Waals surface area contributed by atoms with Crippen LogP contribution in [0.25, 0.3) is 0 Å². The Kier molecular flexibility index (Phi) is 20.1. The van der Waals surface area contributed by atoms with E-state index in [1.165, 1.54) is 6.20 Å². The number of Topliss-reactive ketones (excluding diaryl/α,β-unsaturated/α-hetero) is 1. The zero-order chi connectivity index (χ0) is 39.4. The first kappa shape index (κ1) is 44.8. The van der Waals surface area contributed by atoms with Gasteiger partial charge in [-0.25, -0.2) is 9.59 Å². The molecule has 0 spiro atoms. The molecule has 3 amide bonds. The van der Waals surface area contributed by atoms with Crippen molar-refractivity contribution in [3.05, 3.63) is 22.2 Å². The quantitative estimate of drug-likeness (QED) is 0.0329. The number of aliphatic hydroxyl groups excluding tert-OH is 3. The third-order valence-electron chi connectivity index (χ3n) is 9.52. The van der Waals surface area contributed by atoms with Crippen molar-refractivity contribution in [3.63, 3.8) is 0 Å². The molecule has 0 aromatic carbocycles. The Balaban J connectivity index is 0.870. The van der Waals surface area contributed by atoms with Crippen LogP contribution in [0, 0.1) is 0 Å². The normalized spacial score (nSPS) is 24.5. The largest absolute Gasteiger partial charge is 0.394 e. The van der Waals surface area contributed by atoms with Crippen LogP contribution in [0.3, 0.4) is 0 Å². The van der Waals surface area contributed by atoms with Crippen molar-refractivity contribution in [3.8, 4) is 0 Å². The molecule has 3 fully saturated rings. The van der Waals surface area contributed by atoms with Gasteiger partial charge < -0.3 is 66.0 Å². The van der Waals surface area contributed by atoms with Gasteiger partial charge in [0.2, 0.25) is 5.91 Å². The summed E-state index contributed by atoms with van der Waals surface area (Å²) in [6.07, 6.45) is 1.45. The Morgan fingerprint density at radius 1 is 0.909 bits per heavy atom. The van der Waals surface area contributed by atoms with Crippen molar-refractivity contribution in [2.45, 2.75) is 93.2 Å². The molecule has 9 N–H and O–H groups in total. The summed E-state index contributed by atoms with van der Waals surface area (Å²) >= 11 is 1.90. The number of carbonyl (C=O) groups excluding carboxylic acids is 3. The molecular formula is C35H59N7O12S. The number of ether oxygens (including phenoxy) is 5. The first-order chi connectivity index (χ1) is 26.7. The maximum atomic E-state index is 12.3. The second-order valence-corrected chi connectivity index (χ2v) is 14.9. The topological polar surface area (TPSA) is 267 Å². The summed E-state index contributed by atoms with van der Waals surface area (Å²) in [5.74, 6) is 1.07. The zero-order valence-electron chi connectivity index (χ0n) is 31.4. The van der Waals surface area contributed by atoms with Crippen LogP contribution in [-0.4, -0.2) is 163 Å². The van der Waals surface area contributed by atoms with E-state index in [0.717, 1.165) is 29.6 Å². The van der Waals surface area contributed by atoms with E-state index in [1.807, 2.05) is 11.8 Å². The number of anilines is 1. The number of nitrogens with two attached hydrogens (primary N) is 1. The van der Waals surface area contributed by atoms with Crippen molar-refractivity contribution in [1.82, 2.24) is 30.8 Å². The number of nitrogen functional groups attached to an aromatic ring is 1. The SMILES string of the molecule is Nc1nc(=O)n([C@@H]2O[C@H](CO)C(O)C2O)cc1CCCNC(=O)CCOCCOCCOCCOCCNCCC(=O)CCCC[C@@H]1SC[C@@H]2NC(=O)N[C@@H]21. The summed E-state index contributed by atoms with van der Waals surface area (Å²) in [7, 11) is 0. The Morgan fingerprint density at radius 2 is 1.62 bits per heavy atom. The second-order valence-electron chi connectivity index (χ2n) is 13.6. The minimum absolute atomic E-state index is 0.0221. The number of aryl methyl sites for hydroxylation is 1. The van der Waals surface area contributed by atoms with Crippen LogP contribution in [0.4, 0.5) is 10.6 Å². The highest BCUT2D eigenvalue weighted by molar-refractivity contribution is 8.00. The Morgan fingerprint density at radius 3 is 2.33 bits per heavy atom. The molecule has 1 aromatic heterocycles. The zero-order valence-corrected chi connectivity index (χ0v) is 32.2. The van der Waals surface area contributed by atoms with E-state index in [-0.39, 0.29) is 48.7 Å². The molecule has 20 heteroatoms. The molecule has 4 rings (SSSR count). The van der Waals surface area contributed by atoms with Gasteiger partial charge in [0.25, 0.3) is 0 Å². The lowest BCUT2D eigenvalue weighted by molar-refractivity contribution is -0.122. The molecular weight excluding hydrogens is 742 g/mol. The minimum Gasteiger partial charge on any atom is -0.394 e. The van der Waals surface area contributed by atoms with Gasteiger partial charge in [-0.3, -0.25) is 14.2 Å². The predicted octanol–water partition coefficient (Wildman–Crippen LogP) is -1.78. The van der Waals surface area contributed by atoms with Gasteiger partial charge in [-0.15, -0.1) is 0 Å². The third kappa shape index (κ3) is 15.2. The summed E-state index contributed by atoms with van der Waals surface area (Å²) in [6.45, 7) is 4.35. The number of thioether (sulfide) groups is 1. The maximum Gasteiger partial charge on any atom is 0.351 e. The van der Waals surface area contributed by atoms with Gasteiger partial charge in [0, 0.05) is 61.7 Å². The summed E-state index contributed by atoms with van der Waals surface area (Å²) in [5, 5.41) is 42.0. The van der Waals surface area contributed by atoms with E-state index in [9.17, 15) is 34.5 Å². The number of aromatic nitrogens is 2. The van der Waals surface area contributed by atoms with Gasteiger partial charge in [-0.2, -0.15) is 16.7 Å². The van der Waals surface area contributed by atoms with Crippen LogP contribution in [0.15, 0.2) is 11.0 Å². The first-order valence-corrected chi connectivity index (χ1v) is 20.2. The predicted molar refractivity (Wildman–Crippen MR) is 202 cm³/mol. The summed E-state index contributed by atoms with van der Waals surface area (Å²) in [5.41, 5.74) is 5.65.